The third-order valence-electron chi connectivity index (χ3n) is 3.70. The van der Waals surface area contributed by atoms with Crippen LogP contribution in [0.15, 0.2) is 42.5 Å². The fourth-order valence-corrected chi connectivity index (χ4v) is 2.75. The van der Waals surface area contributed by atoms with E-state index in [0.29, 0.717) is 11.3 Å². The second-order valence-corrected chi connectivity index (χ2v) is 4.96. The summed E-state index contributed by atoms with van der Waals surface area (Å²) in [5, 5.41) is 20.2. The fourth-order valence-electron chi connectivity index (χ4n) is 2.75. The molecule has 1 heterocycles. The van der Waals surface area contributed by atoms with Crippen molar-refractivity contribution in [2.45, 2.75) is 12.8 Å². The Balaban J connectivity index is 2.14. The molecule has 0 aliphatic carbocycles. The van der Waals surface area contributed by atoms with Crippen molar-refractivity contribution in [1.29, 1.82) is 5.26 Å². The second kappa shape index (κ2) is 5.25. The van der Waals surface area contributed by atoms with E-state index in [2.05, 4.69) is 6.07 Å². The lowest BCUT2D eigenvalue weighted by atomic mass is 10.0. The molecular formula is C16H13N3O2. The van der Waals surface area contributed by atoms with Gasteiger partial charge in [-0.2, -0.15) is 5.26 Å². The Kier molecular flexibility index (Phi) is 3.28. The van der Waals surface area contributed by atoms with E-state index in [9.17, 15) is 10.1 Å². The van der Waals surface area contributed by atoms with Gasteiger partial charge < -0.3 is 4.90 Å². The van der Waals surface area contributed by atoms with Crippen molar-refractivity contribution in [1.82, 2.24) is 0 Å². The molecule has 0 fully saturated rings. The standard InChI is InChI=1S/C16H13N3O2/c17-11-12-7-8-15(16(10-12)19(20)21)18-9-3-5-13-4-1-2-6-14(13)18/h1-2,4,6-8,10H,3,5,9H2. The van der Waals surface area contributed by atoms with Crippen LogP contribution < -0.4 is 4.90 Å². The van der Waals surface area contributed by atoms with Gasteiger partial charge >= 0.3 is 0 Å². The zero-order chi connectivity index (χ0) is 14.8. The summed E-state index contributed by atoms with van der Waals surface area (Å²) in [6, 6.07) is 14.5. The van der Waals surface area contributed by atoms with Crippen LogP contribution in [0.3, 0.4) is 0 Å². The molecule has 0 spiro atoms. The van der Waals surface area contributed by atoms with Gasteiger partial charge in [0.1, 0.15) is 5.69 Å². The smallest absolute Gasteiger partial charge is 0.294 e. The number of aryl methyl sites for hydroxylation is 1. The molecule has 0 saturated heterocycles. The average molecular weight is 279 g/mol. The first kappa shape index (κ1) is 13.1. The topological polar surface area (TPSA) is 70.2 Å². The number of rotatable bonds is 2. The molecule has 5 heteroatoms. The Morgan fingerprint density at radius 3 is 2.76 bits per heavy atom. The minimum atomic E-state index is -0.423. The van der Waals surface area contributed by atoms with Gasteiger partial charge in [-0.25, -0.2) is 0 Å². The largest absolute Gasteiger partial charge is 0.336 e. The summed E-state index contributed by atoms with van der Waals surface area (Å²) in [7, 11) is 0. The van der Waals surface area contributed by atoms with Gasteiger partial charge in [0, 0.05) is 18.3 Å². The maximum absolute atomic E-state index is 11.3. The molecule has 0 bridgehead atoms. The molecule has 2 aromatic rings. The van der Waals surface area contributed by atoms with Gasteiger partial charge in [0.15, 0.2) is 0 Å². The van der Waals surface area contributed by atoms with E-state index >= 15 is 0 Å². The molecule has 5 nitrogen and oxygen atoms in total. The first-order chi connectivity index (χ1) is 10.2. The molecule has 21 heavy (non-hydrogen) atoms. The number of benzene rings is 2. The van der Waals surface area contributed by atoms with E-state index in [0.717, 1.165) is 25.1 Å². The van der Waals surface area contributed by atoms with Crippen molar-refractivity contribution in [2.24, 2.45) is 0 Å². The summed E-state index contributed by atoms with van der Waals surface area (Å²) in [6.07, 6.45) is 1.94. The molecule has 104 valence electrons. The Labute approximate surface area is 122 Å². The van der Waals surface area contributed by atoms with Crippen molar-refractivity contribution in [3.05, 3.63) is 63.7 Å². The maximum atomic E-state index is 11.3. The highest BCUT2D eigenvalue weighted by atomic mass is 16.6. The van der Waals surface area contributed by atoms with E-state index in [-0.39, 0.29) is 5.69 Å². The van der Waals surface area contributed by atoms with E-state index in [1.807, 2.05) is 29.2 Å². The Bertz CT molecular complexity index is 749. The summed E-state index contributed by atoms with van der Waals surface area (Å²) in [5.41, 5.74) is 3.03. The first-order valence-corrected chi connectivity index (χ1v) is 6.74. The van der Waals surface area contributed by atoms with Crippen LogP contribution in [0.1, 0.15) is 17.5 Å². The zero-order valence-electron chi connectivity index (χ0n) is 11.3. The van der Waals surface area contributed by atoms with Crippen molar-refractivity contribution in [2.75, 3.05) is 11.4 Å². The molecule has 0 saturated carbocycles. The SMILES string of the molecule is N#Cc1ccc(N2CCCc3ccccc32)c([N+](=O)[O-])c1. The number of hydrogen-bond acceptors (Lipinski definition) is 4. The van der Waals surface area contributed by atoms with Crippen LogP contribution in [0.4, 0.5) is 17.1 Å². The van der Waals surface area contributed by atoms with Gasteiger partial charge in [-0.1, -0.05) is 18.2 Å². The van der Waals surface area contributed by atoms with Crippen LogP contribution in [0.5, 0.6) is 0 Å². The normalized spacial score (nSPS) is 13.4. The minimum Gasteiger partial charge on any atom is -0.336 e. The predicted octanol–water partition coefficient (Wildman–Crippen LogP) is 3.55. The van der Waals surface area contributed by atoms with E-state index in [1.165, 1.54) is 11.6 Å². The van der Waals surface area contributed by atoms with Gasteiger partial charge in [0.05, 0.1) is 16.6 Å². The quantitative estimate of drug-likeness (QED) is 0.622. The number of fused-ring (bicyclic) bond motifs is 1. The summed E-state index contributed by atoms with van der Waals surface area (Å²) >= 11 is 0. The number of nitriles is 1. The van der Waals surface area contributed by atoms with Gasteiger partial charge in [0.25, 0.3) is 5.69 Å². The van der Waals surface area contributed by atoms with Gasteiger partial charge in [-0.3, -0.25) is 10.1 Å². The molecule has 1 aliphatic heterocycles. The lowest BCUT2D eigenvalue weighted by Gasteiger charge is -2.30. The highest BCUT2D eigenvalue weighted by Crippen LogP contribution is 2.38. The Morgan fingerprint density at radius 1 is 1.19 bits per heavy atom. The number of hydrogen-bond donors (Lipinski definition) is 0. The lowest BCUT2D eigenvalue weighted by molar-refractivity contribution is -0.384. The number of nitro groups is 1. The molecule has 0 atom stereocenters. The van der Waals surface area contributed by atoms with Crippen LogP contribution in [0, 0.1) is 21.4 Å². The number of para-hydroxylation sites is 1. The summed E-state index contributed by atoms with van der Waals surface area (Å²) < 4.78 is 0. The van der Waals surface area contributed by atoms with Crippen molar-refractivity contribution < 1.29 is 4.92 Å². The van der Waals surface area contributed by atoms with Gasteiger partial charge in [-0.15, -0.1) is 0 Å². The van der Waals surface area contributed by atoms with E-state index < -0.39 is 4.92 Å². The monoisotopic (exact) mass is 279 g/mol. The zero-order valence-corrected chi connectivity index (χ0v) is 11.3. The highest BCUT2D eigenvalue weighted by Gasteiger charge is 2.25. The number of nitro benzene ring substituents is 1. The van der Waals surface area contributed by atoms with Crippen molar-refractivity contribution >= 4 is 17.1 Å². The van der Waals surface area contributed by atoms with Crippen LogP contribution in [-0.2, 0) is 6.42 Å². The first-order valence-electron chi connectivity index (χ1n) is 6.74. The molecule has 0 amide bonds. The van der Waals surface area contributed by atoms with E-state index in [4.69, 9.17) is 5.26 Å². The summed E-state index contributed by atoms with van der Waals surface area (Å²) in [5.74, 6) is 0. The third kappa shape index (κ3) is 2.32. The number of nitrogens with zero attached hydrogens (tertiary/aromatic N) is 3. The molecular weight excluding hydrogens is 266 g/mol. The van der Waals surface area contributed by atoms with Gasteiger partial charge in [0.2, 0.25) is 0 Å². The highest BCUT2D eigenvalue weighted by molar-refractivity contribution is 5.75. The minimum absolute atomic E-state index is 0.0225. The van der Waals surface area contributed by atoms with Crippen LogP contribution in [-0.4, -0.2) is 11.5 Å². The van der Waals surface area contributed by atoms with Crippen LogP contribution in [0.25, 0.3) is 0 Å². The predicted molar refractivity (Wildman–Crippen MR) is 79.6 cm³/mol. The van der Waals surface area contributed by atoms with Crippen molar-refractivity contribution in [3.8, 4) is 6.07 Å². The maximum Gasteiger partial charge on any atom is 0.294 e. The van der Waals surface area contributed by atoms with Crippen molar-refractivity contribution in [3.63, 3.8) is 0 Å². The van der Waals surface area contributed by atoms with Crippen LogP contribution >= 0.6 is 0 Å². The van der Waals surface area contributed by atoms with E-state index in [1.54, 1.807) is 12.1 Å². The third-order valence-corrected chi connectivity index (χ3v) is 3.70. The fraction of sp³-hybridized carbons (Fsp3) is 0.188. The Hall–Kier alpha value is -2.87. The average Bonchev–Trinajstić information content (AvgIpc) is 2.53. The lowest BCUT2D eigenvalue weighted by Crippen LogP contribution is -2.25. The molecule has 1 aliphatic rings. The molecule has 0 unspecified atom stereocenters. The van der Waals surface area contributed by atoms with Gasteiger partial charge in [-0.05, 0) is 36.6 Å². The summed E-state index contributed by atoms with van der Waals surface area (Å²) in [4.78, 5) is 12.9. The molecule has 0 N–H and O–H groups in total. The molecule has 0 radical (unpaired) electrons. The van der Waals surface area contributed by atoms with Crippen LogP contribution in [0.2, 0.25) is 0 Å². The number of anilines is 2. The molecule has 2 aromatic carbocycles. The molecule has 0 aromatic heterocycles. The second-order valence-electron chi connectivity index (χ2n) is 4.96. The Morgan fingerprint density at radius 2 is 2.00 bits per heavy atom. The summed E-state index contributed by atoms with van der Waals surface area (Å²) in [6.45, 7) is 0.740. The molecule has 3 rings (SSSR count).